The summed E-state index contributed by atoms with van der Waals surface area (Å²) in [5, 5.41) is 19.7. The maximum atomic E-state index is 11.0. The molecule has 0 aliphatic rings. The Hall–Kier alpha value is -2.22. The van der Waals surface area contributed by atoms with Gasteiger partial charge in [0.2, 0.25) is 0 Å². The number of carbonyl (C=O) groups is 1. The topological polar surface area (TPSA) is 98.3 Å². The Kier molecular flexibility index (Phi) is 3.61. The van der Waals surface area contributed by atoms with E-state index in [9.17, 15) is 14.9 Å². The molecule has 8 heteroatoms. The van der Waals surface area contributed by atoms with Gasteiger partial charge in [0, 0.05) is 16.7 Å². The molecule has 0 aromatic carbocycles. The van der Waals surface area contributed by atoms with Crippen LogP contribution >= 0.6 is 15.9 Å². The van der Waals surface area contributed by atoms with E-state index >= 15 is 0 Å². The number of rotatable bonds is 4. The summed E-state index contributed by atoms with van der Waals surface area (Å²) in [6.07, 6.45) is 2.76. The van der Waals surface area contributed by atoms with E-state index in [0.29, 0.717) is 5.69 Å². The number of hydrogen-bond donors (Lipinski definition) is 1. The van der Waals surface area contributed by atoms with Crippen LogP contribution in [0.5, 0.6) is 0 Å². The average Bonchev–Trinajstić information content (AvgIpc) is 2.76. The fraction of sp³-hybridized carbons (Fsp3) is 0.0909. The number of aromatic nitrogens is 2. The zero-order valence-electron chi connectivity index (χ0n) is 9.49. The molecule has 98 valence electrons. The summed E-state index contributed by atoms with van der Waals surface area (Å²) < 4.78 is 2.09. The molecule has 7 nitrogen and oxygen atoms in total. The van der Waals surface area contributed by atoms with E-state index in [-0.39, 0.29) is 17.9 Å². The van der Waals surface area contributed by atoms with Crippen molar-refractivity contribution in [3.8, 4) is 0 Å². The first-order valence-corrected chi connectivity index (χ1v) is 5.95. The van der Waals surface area contributed by atoms with E-state index in [2.05, 4.69) is 20.9 Å². The highest BCUT2D eigenvalue weighted by Gasteiger charge is 2.18. The number of carboxylic acid groups (broad SMARTS) is 1. The van der Waals surface area contributed by atoms with E-state index in [4.69, 9.17) is 5.11 Å². The first kappa shape index (κ1) is 13.2. The van der Waals surface area contributed by atoms with Crippen molar-refractivity contribution < 1.29 is 14.8 Å². The molecule has 19 heavy (non-hydrogen) atoms. The Labute approximate surface area is 115 Å². The molecule has 0 aliphatic heterocycles. The standard InChI is InChI=1S/C11H8BrN3O4/c12-7-1-2-8(13-4-7)5-14-6-9(15(18)19)3-10(14)11(16)17/h1-4,6H,5H2,(H,16,17). The number of carboxylic acids is 1. The summed E-state index contributed by atoms with van der Waals surface area (Å²) in [6, 6.07) is 4.50. The van der Waals surface area contributed by atoms with Crippen LogP contribution in [0.3, 0.4) is 0 Å². The van der Waals surface area contributed by atoms with E-state index in [1.54, 1.807) is 18.3 Å². The Morgan fingerprint density at radius 1 is 1.53 bits per heavy atom. The molecule has 0 saturated heterocycles. The minimum absolute atomic E-state index is 0.142. The van der Waals surface area contributed by atoms with Crippen LogP contribution in [0.4, 0.5) is 5.69 Å². The van der Waals surface area contributed by atoms with E-state index in [1.807, 2.05) is 0 Å². The lowest BCUT2D eigenvalue weighted by molar-refractivity contribution is -0.384. The predicted molar refractivity (Wildman–Crippen MR) is 69.1 cm³/mol. The zero-order valence-corrected chi connectivity index (χ0v) is 11.1. The van der Waals surface area contributed by atoms with Crippen molar-refractivity contribution >= 4 is 27.6 Å². The molecule has 0 aliphatic carbocycles. The molecular weight excluding hydrogens is 318 g/mol. The van der Waals surface area contributed by atoms with Crippen LogP contribution in [0, 0.1) is 10.1 Å². The third-order valence-electron chi connectivity index (χ3n) is 2.43. The highest BCUT2D eigenvalue weighted by atomic mass is 79.9. The van der Waals surface area contributed by atoms with Crippen LogP contribution < -0.4 is 0 Å². The van der Waals surface area contributed by atoms with Crippen molar-refractivity contribution in [2.45, 2.75) is 6.54 Å². The molecule has 0 amide bonds. The lowest BCUT2D eigenvalue weighted by Gasteiger charge is -2.04. The van der Waals surface area contributed by atoms with Crippen LogP contribution in [-0.2, 0) is 6.54 Å². The molecule has 1 N–H and O–H groups in total. The van der Waals surface area contributed by atoms with Crippen molar-refractivity contribution in [1.29, 1.82) is 0 Å². The molecule has 2 rings (SSSR count). The maximum Gasteiger partial charge on any atom is 0.352 e. The van der Waals surface area contributed by atoms with E-state index in [1.165, 1.54) is 10.8 Å². The zero-order chi connectivity index (χ0) is 14.0. The number of aromatic carboxylic acids is 1. The van der Waals surface area contributed by atoms with Gasteiger partial charge < -0.3 is 9.67 Å². The molecule has 0 radical (unpaired) electrons. The number of halogens is 1. The molecule has 2 aromatic rings. The molecule has 2 heterocycles. The van der Waals surface area contributed by atoms with Gasteiger partial charge in [0.1, 0.15) is 5.69 Å². The summed E-state index contributed by atoms with van der Waals surface area (Å²) in [4.78, 5) is 25.2. The normalized spacial score (nSPS) is 10.4. The second kappa shape index (κ2) is 5.19. The molecule has 0 unspecified atom stereocenters. The van der Waals surface area contributed by atoms with Gasteiger partial charge in [-0.2, -0.15) is 0 Å². The summed E-state index contributed by atoms with van der Waals surface area (Å²) >= 11 is 3.24. The Bertz CT molecular complexity index is 636. The van der Waals surface area contributed by atoms with Gasteiger partial charge in [0.15, 0.2) is 0 Å². The second-order valence-electron chi connectivity index (χ2n) is 3.74. The fourth-order valence-electron chi connectivity index (χ4n) is 1.58. The lowest BCUT2D eigenvalue weighted by Crippen LogP contribution is -2.09. The Morgan fingerprint density at radius 2 is 2.26 bits per heavy atom. The van der Waals surface area contributed by atoms with Gasteiger partial charge in [-0.05, 0) is 28.1 Å². The van der Waals surface area contributed by atoms with Crippen molar-refractivity contribution in [1.82, 2.24) is 9.55 Å². The Balaban J connectivity index is 2.35. The molecule has 0 spiro atoms. The predicted octanol–water partition coefficient (Wildman–Crippen LogP) is 2.30. The number of nitrogens with zero attached hydrogens (tertiary/aromatic N) is 3. The van der Waals surface area contributed by atoms with Gasteiger partial charge in [-0.25, -0.2) is 4.79 Å². The van der Waals surface area contributed by atoms with Crippen LogP contribution in [0.1, 0.15) is 16.2 Å². The SMILES string of the molecule is O=C(O)c1cc([N+](=O)[O-])cn1Cc1ccc(Br)cn1. The van der Waals surface area contributed by atoms with Gasteiger partial charge in [-0.15, -0.1) is 0 Å². The number of hydrogen-bond acceptors (Lipinski definition) is 4. The average molecular weight is 326 g/mol. The van der Waals surface area contributed by atoms with Crippen molar-refractivity contribution in [2.75, 3.05) is 0 Å². The molecule has 0 saturated carbocycles. The van der Waals surface area contributed by atoms with E-state index in [0.717, 1.165) is 10.5 Å². The van der Waals surface area contributed by atoms with Gasteiger partial charge in [0.25, 0.3) is 5.69 Å². The van der Waals surface area contributed by atoms with Gasteiger partial charge >= 0.3 is 5.97 Å². The molecule has 0 fully saturated rings. The van der Waals surface area contributed by atoms with Crippen LogP contribution in [0.2, 0.25) is 0 Å². The number of pyridine rings is 1. The summed E-state index contributed by atoms with van der Waals surface area (Å²) in [5.74, 6) is -1.22. The molecule has 2 aromatic heterocycles. The monoisotopic (exact) mass is 325 g/mol. The minimum Gasteiger partial charge on any atom is -0.477 e. The maximum absolute atomic E-state index is 11.0. The third kappa shape index (κ3) is 2.97. The Morgan fingerprint density at radius 3 is 2.79 bits per heavy atom. The van der Waals surface area contributed by atoms with Crippen LogP contribution in [0.25, 0.3) is 0 Å². The van der Waals surface area contributed by atoms with Gasteiger partial charge in [-0.1, -0.05) is 0 Å². The minimum atomic E-state index is -1.22. The van der Waals surface area contributed by atoms with Crippen molar-refractivity contribution in [3.05, 3.63) is 56.6 Å². The quantitative estimate of drug-likeness (QED) is 0.687. The lowest BCUT2D eigenvalue weighted by atomic mass is 10.3. The van der Waals surface area contributed by atoms with Crippen molar-refractivity contribution in [2.24, 2.45) is 0 Å². The fourth-order valence-corrected chi connectivity index (χ4v) is 1.81. The molecule has 0 bridgehead atoms. The summed E-state index contributed by atoms with van der Waals surface area (Å²) in [5.41, 5.74) is 0.210. The number of nitro groups is 1. The molecule has 0 atom stereocenters. The summed E-state index contributed by atoms with van der Waals surface area (Å²) in [6.45, 7) is 0.156. The van der Waals surface area contributed by atoms with E-state index < -0.39 is 10.9 Å². The van der Waals surface area contributed by atoms with Gasteiger partial charge in [0.05, 0.1) is 23.4 Å². The first-order chi connectivity index (χ1) is 8.97. The summed E-state index contributed by atoms with van der Waals surface area (Å²) in [7, 11) is 0. The highest BCUT2D eigenvalue weighted by molar-refractivity contribution is 9.10. The smallest absolute Gasteiger partial charge is 0.352 e. The van der Waals surface area contributed by atoms with Crippen LogP contribution in [0.15, 0.2) is 35.1 Å². The third-order valence-corrected chi connectivity index (χ3v) is 2.90. The first-order valence-electron chi connectivity index (χ1n) is 5.15. The largest absolute Gasteiger partial charge is 0.477 e. The second-order valence-corrected chi connectivity index (χ2v) is 4.66. The van der Waals surface area contributed by atoms with Gasteiger partial charge in [-0.3, -0.25) is 15.1 Å². The molecular formula is C11H8BrN3O4. The van der Waals surface area contributed by atoms with Crippen LogP contribution in [-0.4, -0.2) is 25.6 Å². The van der Waals surface area contributed by atoms with Crippen molar-refractivity contribution in [3.63, 3.8) is 0 Å². The highest BCUT2D eigenvalue weighted by Crippen LogP contribution is 2.18.